The standard InChI is InChI=1S/C10H12N4/c1-10(2)6-14(7-10)8-4-12-9(3-11)13-5-8/h4-5H,6-7H2,1-2H3. The normalized spacial score (nSPS) is 18.5. The number of rotatable bonds is 1. The summed E-state index contributed by atoms with van der Waals surface area (Å²) in [6, 6.07) is 1.90. The van der Waals surface area contributed by atoms with Crippen LogP contribution < -0.4 is 4.90 Å². The van der Waals surface area contributed by atoms with Crippen LogP contribution in [0.1, 0.15) is 19.7 Å². The first-order valence-electron chi connectivity index (χ1n) is 4.58. The van der Waals surface area contributed by atoms with Crippen molar-refractivity contribution in [1.29, 1.82) is 5.26 Å². The molecule has 0 amide bonds. The van der Waals surface area contributed by atoms with Crippen LogP contribution in [0.2, 0.25) is 0 Å². The summed E-state index contributed by atoms with van der Waals surface area (Å²) in [7, 11) is 0. The van der Waals surface area contributed by atoms with Crippen LogP contribution in [-0.2, 0) is 0 Å². The van der Waals surface area contributed by atoms with Crippen LogP contribution in [0.15, 0.2) is 12.4 Å². The zero-order chi connectivity index (χ0) is 10.2. The van der Waals surface area contributed by atoms with E-state index < -0.39 is 0 Å². The van der Waals surface area contributed by atoms with Crippen molar-refractivity contribution >= 4 is 5.69 Å². The third-order valence-electron chi connectivity index (χ3n) is 2.34. The average molecular weight is 188 g/mol. The summed E-state index contributed by atoms with van der Waals surface area (Å²) in [5, 5.41) is 8.53. The Morgan fingerprint density at radius 3 is 2.36 bits per heavy atom. The van der Waals surface area contributed by atoms with E-state index in [1.807, 2.05) is 6.07 Å². The van der Waals surface area contributed by atoms with Gasteiger partial charge in [0.1, 0.15) is 6.07 Å². The van der Waals surface area contributed by atoms with E-state index in [9.17, 15) is 0 Å². The maximum atomic E-state index is 8.53. The van der Waals surface area contributed by atoms with Crippen molar-refractivity contribution in [3.63, 3.8) is 0 Å². The monoisotopic (exact) mass is 188 g/mol. The lowest BCUT2D eigenvalue weighted by Gasteiger charge is -2.47. The van der Waals surface area contributed by atoms with E-state index in [0.29, 0.717) is 5.41 Å². The van der Waals surface area contributed by atoms with Gasteiger partial charge in [0.25, 0.3) is 0 Å². The van der Waals surface area contributed by atoms with E-state index in [2.05, 4.69) is 28.7 Å². The van der Waals surface area contributed by atoms with Gasteiger partial charge in [0, 0.05) is 13.1 Å². The minimum Gasteiger partial charge on any atom is -0.368 e. The number of nitriles is 1. The molecule has 1 aromatic rings. The quantitative estimate of drug-likeness (QED) is 0.664. The van der Waals surface area contributed by atoms with Crippen molar-refractivity contribution in [2.45, 2.75) is 13.8 Å². The summed E-state index contributed by atoms with van der Waals surface area (Å²) in [6.07, 6.45) is 3.42. The second-order valence-corrected chi connectivity index (χ2v) is 4.40. The SMILES string of the molecule is CC1(C)CN(c2cnc(C#N)nc2)C1. The largest absolute Gasteiger partial charge is 0.368 e. The Morgan fingerprint density at radius 1 is 1.36 bits per heavy atom. The molecule has 1 aliphatic rings. The van der Waals surface area contributed by atoms with E-state index >= 15 is 0 Å². The lowest BCUT2D eigenvalue weighted by molar-refractivity contribution is 0.276. The van der Waals surface area contributed by atoms with E-state index in [0.717, 1.165) is 18.8 Å². The summed E-state index contributed by atoms with van der Waals surface area (Å²) in [5.74, 6) is 0.230. The lowest BCUT2D eigenvalue weighted by Crippen LogP contribution is -2.53. The molecule has 4 heteroatoms. The molecule has 0 atom stereocenters. The second-order valence-electron chi connectivity index (χ2n) is 4.40. The summed E-state index contributed by atoms with van der Waals surface area (Å²) < 4.78 is 0. The number of aromatic nitrogens is 2. The van der Waals surface area contributed by atoms with Gasteiger partial charge in [0.05, 0.1) is 18.1 Å². The molecular weight excluding hydrogens is 176 g/mol. The Bertz CT molecular complexity index is 366. The number of anilines is 1. The van der Waals surface area contributed by atoms with Gasteiger partial charge in [-0.15, -0.1) is 0 Å². The smallest absolute Gasteiger partial charge is 0.232 e. The molecule has 0 saturated carbocycles. The van der Waals surface area contributed by atoms with Gasteiger partial charge in [-0.3, -0.25) is 0 Å². The number of hydrogen-bond donors (Lipinski definition) is 0. The van der Waals surface area contributed by atoms with Gasteiger partial charge in [-0.05, 0) is 5.41 Å². The molecule has 1 aliphatic heterocycles. The molecule has 0 N–H and O–H groups in total. The molecule has 0 unspecified atom stereocenters. The first kappa shape index (κ1) is 8.95. The molecule has 0 aliphatic carbocycles. The van der Waals surface area contributed by atoms with Gasteiger partial charge < -0.3 is 4.90 Å². The number of hydrogen-bond acceptors (Lipinski definition) is 4. The van der Waals surface area contributed by atoms with Crippen molar-refractivity contribution in [2.75, 3.05) is 18.0 Å². The third-order valence-corrected chi connectivity index (χ3v) is 2.34. The highest BCUT2D eigenvalue weighted by Crippen LogP contribution is 2.32. The van der Waals surface area contributed by atoms with Gasteiger partial charge in [-0.1, -0.05) is 13.8 Å². The van der Waals surface area contributed by atoms with Gasteiger partial charge in [0.2, 0.25) is 5.82 Å². The van der Waals surface area contributed by atoms with Crippen LogP contribution in [0, 0.1) is 16.7 Å². The second kappa shape index (κ2) is 2.95. The molecule has 2 rings (SSSR count). The molecule has 0 radical (unpaired) electrons. The molecule has 1 aromatic heterocycles. The van der Waals surface area contributed by atoms with Crippen molar-refractivity contribution in [3.8, 4) is 6.07 Å². The highest BCUT2D eigenvalue weighted by molar-refractivity contribution is 5.46. The van der Waals surface area contributed by atoms with Crippen LogP contribution in [0.4, 0.5) is 5.69 Å². The molecule has 1 fully saturated rings. The fraction of sp³-hybridized carbons (Fsp3) is 0.500. The first-order valence-corrected chi connectivity index (χ1v) is 4.58. The molecule has 0 spiro atoms. The minimum absolute atomic E-state index is 0.230. The van der Waals surface area contributed by atoms with Gasteiger partial charge >= 0.3 is 0 Å². The Labute approximate surface area is 83.2 Å². The summed E-state index contributed by atoms with van der Waals surface area (Å²) in [5.41, 5.74) is 1.40. The van der Waals surface area contributed by atoms with Crippen LogP contribution in [0.3, 0.4) is 0 Å². The number of nitrogens with zero attached hydrogens (tertiary/aromatic N) is 4. The van der Waals surface area contributed by atoms with Crippen molar-refractivity contribution < 1.29 is 0 Å². The van der Waals surface area contributed by atoms with E-state index in [1.165, 1.54) is 0 Å². The van der Waals surface area contributed by atoms with Gasteiger partial charge in [-0.2, -0.15) is 5.26 Å². The van der Waals surface area contributed by atoms with Crippen LogP contribution >= 0.6 is 0 Å². The van der Waals surface area contributed by atoms with Crippen molar-refractivity contribution in [1.82, 2.24) is 9.97 Å². The molecule has 4 nitrogen and oxygen atoms in total. The van der Waals surface area contributed by atoms with Crippen LogP contribution in [-0.4, -0.2) is 23.1 Å². The molecule has 2 heterocycles. The third kappa shape index (κ3) is 1.53. The summed E-state index contributed by atoms with van der Waals surface area (Å²) in [4.78, 5) is 10.1. The highest BCUT2D eigenvalue weighted by Gasteiger charge is 2.34. The van der Waals surface area contributed by atoms with E-state index in [1.54, 1.807) is 12.4 Å². The fourth-order valence-electron chi connectivity index (χ4n) is 1.71. The maximum absolute atomic E-state index is 8.53. The Morgan fingerprint density at radius 2 is 1.93 bits per heavy atom. The van der Waals surface area contributed by atoms with E-state index in [-0.39, 0.29) is 5.82 Å². The first-order chi connectivity index (χ1) is 6.61. The molecule has 14 heavy (non-hydrogen) atoms. The van der Waals surface area contributed by atoms with Gasteiger partial charge in [-0.25, -0.2) is 9.97 Å². The average Bonchev–Trinajstić information content (AvgIpc) is 2.14. The fourth-order valence-corrected chi connectivity index (χ4v) is 1.71. The zero-order valence-corrected chi connectivity index (χ0v) is 8.36. The van der Waals surface area contributed by atoms with Crippen molar-refractivity contribution in [3.05, 3.63) is 18.2 Å². The topological polar surface area (TPSA) is 52.8 Å². The minimum atomic E-state index is 0.230. The molecule has 0 bridgehead atoms. The lowest BCUT2D eigenvalue weighted by atomic mass is 9.84. The Hall–Kier alpha value is -1.63. The van der Waals surface area contributed by atoms with Crippen LogP contribution in [0.25, 0.3) is 0 Å². The Kier molecular flexibility index (Phi) is 1.88. The van der Waals surface area contributed by atoms with Gasteiger partial charge in [0.15, 0.2) is 0 Å². The molecular formula is C10H12N4. The van der Waals surface area contributed by atoms with E-state index in [4.69, 9.17) is 5.26 Å². The summed E-state index contributed by atoms with van der Waals surface area (Å²) >= 11 is 0. The predicted molar refractivity (Wildman–Crippen MR) is 52.7 cm³/mol. The maximum Gasteiger partial charge on any atom is 0.232 e. The highest BCUT2D eigenvalue weighted by atomic mass is 15.2. The Balaban J connectivity index is 2.09. The molecule has 72 valence electrons. The van der Waals surface area contributed by atoms with Crippen molar-refractivity contribution in [2.24, 2.45) is 5.41 Å². The predicted octanol–water partition coefficient (Wildman–Crippen LogP) is 1.19. The summed E-state index contributed by atoms with van der Waals surface area (Å²) in [6.45, 7) is 6.52. The molecule has 0 aromatic carbocycles. The zero-order valence-electron chi connectivity index (χ0n) is 8.36. The molecule has 1 saturated heterocycles. The van der Waals surface area contributed by atoms with Crippen LogP contribution in [0.5, 0.6) is 0 Å².